The van der Waals surface area contributed by atoms with Crippen molar-refractivity contribution in [2.24, 2.45) is 0 Å². The van der Waals surface area contributed by atoms with E-state index in [-0.39, 0.29) is 31.1 Å². The van der Waals surface area contributed by atoms with Crippen molar-refractivity contribution < 1.29 is 38.0 Å². The maximum absolute atomic E-state index is 11.6. The Morgan fingerprint density at radius 3 is 2.39 bits per heavy atom. The molecule has 0 N–H and O–H groups in total. The molecule has 1 heterocycles. The fourth-order valence-electron chi connectivity index (χ4n) is 4.52. The first-order valence-electron chi connectivity index (χ1n) is 12.9. The van der Waals surface area contributed by atoms with Gasteiger partial charge in [-0.2, -0.15) is 0 Å². The van der Waals surface area contributed by atoms with Gasteiger partial charge in [0.1, 0.15) is 30.9 Å². The Labute approximate surface area is 225 Å². The summed E-state index contributed by atoms with van der Waals surface area (Å²) in [5.74, 6) is 0.425. The molecule has 1 saturated heterocycles. The summed E-state index contributed by atoms with van der Waals surface area (Å²) in [5, 5.41) is 0. The number of carbonyl (C=O) groups is 1. The van der Waals surface area contributed by atoms with E-state index in [0.717, 1.165) is 16.9 Å². The van der Waals surface area contributed by atoms with Gasteiger partial charge in [0.05, 0.1) is 38.6 Å². The monoisotopic (exact) mass is 528 g/mol. The van der Waals surface area contributed by atoms with Gasteiger partial charge in [-0.15, -0.1) is 6.58 Å². The summed E-state index contributed by atoms with van der Waals surface area (Å²) in [5.41, 5.74) is 2.05. The van der Waals surface area contributed by atoms with E-state index in [1.807, 2.05) is 61.5 Å². The van der Waals surface area contributed by atoms with E-state index in [1.165, 1.54) is 6.92 Å². The van der Waals surface area contributed by atoms with Crippen LogP contribution in [-0.4, -0.2) is 63.6 Å². The SMILES string of the molecule is C=CC[C@@H](OCc1ccc(OC)cc1)[C@@H](OCOC)[C@@H]1O[C@@H]([C@H](C)OC(C)=O)C[C@@H]1OCc1ccccc1. The van der Waals surface area contributed by atoms with Crippen LogP contribution in [0.25, 0.3) is 0 Å². The predicted octanol–water partition coefficient (Wildman–Crippen LogP) is 4.84. The predicted molar refractivity (Wildman–Crippen MR) is 143 cm³/mol. The molecule has 0 aliphatic carbocycles. The number of hydrogen-bond acceptors (Lipinski definition) is 8. The second kappa shape index (κ2) is 15.6. The summed E-state index contributed by atoms with van der Waals surface area (Å²) >= 11 is 0. The molecule has 0 amide bonds. The lowest BCUT2D eigenvalue weighted by atomic mass is 9.98. The normalized spacial score (nSPS) is 21.4. The quantitative estimate of drug-likeness (QED) is 0.174. The molecule has 1 aliphatic rings. The van der Waals surface area contributed by atoms with Crippen LogP contribution >= 0.6 is 0 Å². The van der Waals surface area contributed by atoms with Crippen LogP contribution in [0.3, 0.4) is 0 Å². The fraction of sp³-hybridized carbons (Fsp3) is 0.500. The van der Waals surface area contributed by atoms with Gasteiger partial charge in [0.25, 0.3) is 0 Å². The van der Waals surface area contributed by atoms with Crippen molar-refractivity contribution in [3.05, 3.63) is 78.4 Å². The van der Waals surface area contributed by atoms with Crippen molar-refractivity contribution in [1.82, 2.24) is 0 Å². The summed E-state index contributed by atoms with van der Waals surface area (Å²) in [7, 11) is 3.21. The average Bonchev–Trinajstić information content (AvgIpc) is 3.35. The van der Waals surface area contributed by atoms with Crippen LogP contribution in [0.2, 0.25) is 0 Å². The summed E-state index contributed by atoms with van der Waals surface area (Å²) in [4.78, 5) is 11.6. The second-order valence-corrected chi connectivity index (χ2v) is 9.28. The van der Waals surface area contributed by atoms with E-state index >= 15 is 0 Å². The third kappa shape index (κ3) is 8.92. The number of methoxy groups -OCH3 is 2. The van der Waals surface area contributed by atoms with Gasteiger partial charge in [-0.25, -0.2) is 0 Å². The Balaban J connectivity index is 1.81. The van der Waals surface area contributed by atoms with E-state index in [9.17, 15) is 4.79 Å². The van der Waals surface area contributed by atoms with E-state index in [4.69, 9.17) is 33.2 Å². The first kappa shape index (κ1) is 29.8. The van der Waals surface area contributed by atoms with Gasteiger partial charge in [0.15, 0.2) is 0 Å². The fourth-order valence-corrected chi connectivity index (χ4v) is 4.52. The maximum atomic E-state index is 11.6. The molecule has 6 atom stereocenters. The molecular formula is C30H40O8. The number of esters is 1. The minimum atomic E-state index is -0.526. The van der Waals surface area contributed by atoms with Crippen LogP contribution in [0, 0.1) is 0 Å². The van der Waals surface area contributed by atoms with Crippen molar-refractivity contribution in [2.75, 3.05) is 21.0 Å². The van der Waals surface area contributed by atoms with Gasteiger partial charge in [-0.1, -0.05) is 48.5 Å². The zero-order chi connectivity index (χ0) is 27.3. The zero-order valence-corrected chi connectivity index (χ0v) is 22.7. The summed E-state index contributed by atoms with van der Waals surface area (Å²) < 4.78 is 41.4. The highest BCUT2D eigenvalue weighted by atomic mass is 16.7. The van der Waals surface area contributed by atoms with Gasteiger partial charge in [0, 0.05) is 20.5 Å². The Bertz CT molecular complexity index is 964. The van der Waals surface area contributed by atoms with Crippen LogP contribution in [0.5, 0.6) is 5.75 Å². The minimum Gasteiger partial charge on any atom is -0.497 e. The first-order valence-corrected chi connectivity index (χ1v) is 12.9. The molecule has 0 aromatic heterocycles. The lowest BCUT2D eigenvalue weighted by molar-refractivity contribution is -0.196. The third-order valence-corrected chi connectivity index (χ3v) is 6.44. The standard InChI is InChI=1S/C30H40O8/c1-6-10-26(34-19-24-13-15-25(33-5)16-14-24)29(36-20-32-4)30-28(35-18-23-11-8-7-9-12-23)17-27(38-30)21(2)37-22(3)31/h6-9,11-16,21,26-30H,1,10,17-20H2,2-5H3/t21-,26+,27+,28-,29+,30+/m0/s1. The van der Waals surface area contributed by atoms with E-state index in [1.54, 1.807) is 20.3 Å². The van der Waals surface area contributed by atoms with Crippen LogP contribution in [0.15, 0.2) is 67.3 Å². The molecule has 0 saturated carbocycles. The third-order valence-electron chi connectivity index (χ3n) is 6.44. The van der Waals surface area contributed by atoms with Gasteiger partial charge in [-0.05, 0) is 36.6 Å². The van der Waals surface area contributed by atoms with Crippen molar-refractivity contribution in [2.45, 2.75) is 76.5 Å². The number of benzene rings is 2. The molecule has 8 nitrogen and oxygen atoms in total. The lowest BCUT2D eigenvalue weighted by Gasteiger charge is -2.33. The number of carbonyl (C=O) groups excluding carboxylic acids is 1. The lowest BCUT2D eigenvalue weighted by Crippen LogP contribution is -2.47. The van der Waals surface area contributed by atoms with Crippen LogP contribution < -0.4 is 4.74 Å². The van der Waals surface area contributed by atoms with Crippen molar-refractivity contribution in [1.29, 1.82) is 0 Å². The minimum absolute atomic E-state index is 0.0552. The van der Waals surface area contributed by atoms with Gasteiger partial charge >= 0.3 is 5.97 Å². The largest absolute Gasteiger partial charge is 0.497 e. The van der Waals surface area contributed by atoms with Gasteiger partial charge in [-0.3, -0.25) is 4.79 Å². The second-order valence-electron chi connectivity index (χ2n) is 9.28. The zero-order valence-electron chi connectivity index (χ0n) is 22.7. The van der Waals surface area contributed by atoms with Crippen LogP contribution in [-0.2, 0) is 46.4 Å². The Kier molecular flexibility index (Phi) is 12.2. The molecule has 208 valence electrons. The summed E-state index contributed by atoms with van der Waals surface area (Å²) in [6.45, 7) is 7.98. The molecule has 38 heavy (non-hydrogen) atoms. The highest BCUT2D eigenvalue weighted by molar-refractivity contribution is 5.66. The molecule has 0 radical (unpaired) electrons. The van der Waals surface area contributed by atoms with E-state index < -0.39 is 18.3 Å². The average molecular weight is 529 g/mol. The highest BCUT2D eigenvalue weighted by Gasteiger charge is 2.46. The summed E-state index contributed by atoms with van der Waals surface area (Å²) in [6.07, 6.45) is 0.343. The number of ether oxygens (including phenoxy) is 7. The molecule has 0 unspecified atom stereocenters. The molecule has 8 heteroatoms. The molecule has 3 rings (SSSR count). The highest BCUT2D eigenvalue weighted by Crippen LogP contribution is 2.33. The molecule has 2 aromatic carbocycles. The molecule has 0 spiro atoms. The smallest absolute Gasteiger partial charge is 0.302 e. The van der Waals surface area contributed by atoms with Crippen molar-refractivity contribution >= 4 is 5.97 Å². The molecule has 1 aliphatic heterocycles. The Hall–Kier alpha value is -2.75. The Morgan fingerprint density at radius 1 is 1.05 bits per heavy atom. The van der Waals surface area contributed by atoms with Gasteiger partial charge in [0.2, 0.25) is 0 Å². The van der Waals surface area contributed by atoms with Gasteiger partial charge < -0.3 is 33.2 Å². The first-order chi connectivity index (χ1) is 18.4. The number of rotatable bonds is 16. The number of hydrogen-bond donors (Lipinski definition) is 0. The molecule has 2 aromatic rings. The molecule has 1 fully saturated rings. The van der Waals surface area contributed by atoms with Crippen molar-refractivity contribution in [3.63, 3.8) is 0 Å². The topological polar surface area (TPSA) is 81.7 Å². The van der Waals surface area contributed by atoms with Crippen LogP contribution in [0.1, 0.15) is 37.8 Å². The maximum Gasteiger partial charge on any atom is 0.302 e. The van der Waals surface area contributed by atoms with E-state index in [0.29, 0.717) is 26.1 Å². The Morgan fingerprint density at radius 2 is 1.76 bits per heavy atom. The van der Waals surface area contributed by atoms with Crippen molar-refractivity contribution in [3.8, 4) is 5.75 Å². The summed E-state index contributed by atoms with van der Waals surface area (Å²) in [6, 6.07) is 17.7. The van der Waals surface area contributed by atoms with E-state index in [2.05, 4.69) is 6.58 Å². The molecular weight excluding hydrogens is 488 g/mol. The molecule has 0 bridgehead atoms. The van der Waals surface area contributed by atoms with Crippen LogP contribution in [0.4, 0.5) is 0 Å².